The van der Waals surface area contributed by atoms with Gasteiger partial charge in [0.25, 0.3) is 5.78 Å². The molecule has 1 fully saturated rings. The summed E-state index contributed by atoms with van der Waals surface area (Å²) in [5.74, 6) is -0.707. The number of rotatable bonds is 9. The Kier molecular flexibility index (Phi) is 7.79. The lowest BCUT2D eigenvalue weighted by atomic mass is 9.94. The average Bonchev–Trinajstić information content (AvgIpc) is 3.65. The van der Waals surface area contributed by atoms with Crippen LogP contribution in [0.4, 0.5) is 9.52 Å². The van der Waals surface area contributed by atoms with Crippen LogP contribution >= 0.6 is 11.3 Å². The molecule has 222 valence electrons. The van der Waals surface area contributed by atoms with Crippen molar-refractivity contribution in [3.63, 3.8) is 0 Å². The molecule has 0 saturated carbocycles. The topological polar surface area (TPSA) is 98.2 Å². The molecule has 6 rings (SSSR count). The number of ketones is 1. The van der Waals surface area contributed by atoms with Gasteiger partial charge in [0.05, 0.1) is 35.0 Å². The zero-order chi connectivity index (χ0) is 30.2. The van der Waals surface area contributed by atoms with Crippen LogP contribution in [0.3, 0.4) is 0 Å². The SMILES string of the molecule is CCCCOc1ccc([C@H]2/C(=C(\O)c3ccc4c(c3)C[C@H](C)O4)C(=O)C(=O)N2c2nc3ccc(F)cc3s2)cc1OCC. The largest absolute Gasteiger partial charge is 0.507 e. The second kappa shape index (κ2) is 11.7. The van der Waals surface area contributed by atoms with Crippen LogP contribution in [-0.4, -0.2) is 41.1 Å². The molecule has 3 aromatic carbocycles. The van der Waals surface area contributed by atoms with Crippen LogP contribution in [0.5, 0.6) is 17.2 Å². The van der Waals surface area contributed by atoms with E-state index in [2.05, 4.69) is 11.9 Å². The molecule has 2 atom stereocenters. The number of thiazole rings is 1. The molecule has 1 amide bonds. The van der Waals surface area contributed by atoms with Gasteiger partial charge in [0.15, 0.2) is 16.6 Å². The summed E-state index contributed by atoms with van der Waals surface area (Å²) in [4.78, 5) is 33.3. The molecule has 0 bridgehead atoms. The molecule has 0 aliphatic carbocycles. The number of Topliss-reactive ketones (excluding diaryl/α,β-unsaturated/α-hetero) is 1. The Balaban J connectivity index is 1.51. The quantitative estimate of drug-likeness (QED) is 0.0957. The lowest BCUT2D eigenvalue weighted by molar-refractivity contribution is -0.132. The van der Waals surface area contributed by atoms with Gasteiger partial charge in [0, 0.05) is 12.0 Å². The maximum Gasteiger partial charge on any atom is 0.301 e. The van der Waals surface area contributed by atoms with E-state index >= 15 is 0 Å². The number of aliphatic hydroxyl groups excluding tert-OH is 1. The maximum atomic E-state index is 14.0. The van der Waals surface area contributed by atoms with Gasteiger partial charge in [-0.3, -0.25) is 14.5 Å². The second-order valence-corrected chi connectivity index (χ2v) is 11.6. The van der Waals surface area contributed by atoms with Crippen LogP contribution in [0.1, 0.15) is 56.3 Å². The maximum absolute atomic E-state index is 14.0. The third kappa shape index (κ3) is 5.31. The number of halogens is 1. The fourth-order valence-electron chi connectivity index (χ4n) is 5.47. The standard InChI is InChI=1S/C33H31FN2O6S/c1-4-6-13-41-25-12-7-19(16-26(25)40-5-2)29-28(30(37)20-8-11-24-21(15-20)14-18(3)42-24)31(38)32(39)36(29)33-35-23-10-9-22(34)17-27(23)43-33/h7-12,15-18,29,37H,4-6,13-14H2,1-3H3/b30-28+/t18-,29-/m0/s1. The van der Waals surface area contributed by atoms with Crippen molar-refractivity contribution < 1.29 is 33.3 Å². The Bertz CT molecular complexity index is 1770. The number of anilines is 1. The van der Waals surface area contributed by atoms with Crippen LogP contribution in [0.25, 0.3) is 16.0 Å². The Morgan fingerprint density at radius 1 is 1.09 bits per heavy atom. The molecule has 0 radical (unpaired) electrons. The highest BCUT2D eigenvalue weighted by Crippen LogP contribution is 2.46. The summed E-state index contributed by atoms with van der Waals surface area (Å²) in [6.07, 6.45) is 2.50. The first-order valence-corrected chi connectivity index (χ1v) is 15.2. The van der Waals surface area contributed by atoms with Gasteiger partial charge >= 0.3 is 5.91 Å². The minimum atomic E-state index is -1.03. The summed E-state index contributed by atoms with van der Waals surface area (Å²) in [7, 11) is 0. The molecule has 1 N–H and O–H groups in total. The summed E-state index contributed by atoms with van der Waals surface area (Å²) in [5.41, 5.74) is 2.24. The minimum Gasteiger partial charge on any atom is -0.507 e. The highest BCUT2D eigenvalue weighted by atomic mass is 32.1. The smallest absolute Gasteiger partial charge is 0.301 e. The van der Waals surface area contributed by atoms with Gasteiger partial charge < -0.3 is 19.3 Å². The van der Waals surface area contributed by atoms with Crippen LogP contribution in [0.15, 0.2) is 60.2 Å². The van der Waals surface area contributed by atoms with Gasteiger partial charge in [-0.05, 0) is 79.9 Å². The van der Waals surface area contributed by atoms with Crippen molar-refractivity contribution in [2.75, 3.05) is 18.1 Å². The number of aliphatic hydroxyl groups is 1. The van der Waals surface area contributed by atoms with E-state index in [0.717, 1.165) is 35.5 Å². The number of hydrogen-bond donors (Lipinski definition) is 1. The molecular formula is C33H31FN2O6S. The Hall–Kier alpha value is -4.44. The number of aromatic nitrogens is 1. The monoisotopic (exact) mass is 602 g/mol. The van der Waals surface area contributed by atoms with Gasteiger partial charge in [-0.1, -0.05) is 30.7 Å². The normalized spacial score (nSPS) is 19.1. The zero-order valence-electron chi connectivity index (χ0n) is 24.1. The molecule has 2 aliphatic heterocycles. The van der Waals surface area contributed by atoms with Crippen LogP contribution in [0.2, 0.25) is 0 Å². The predicted octanol–water partition coefficient (Wildman–Crippen LogP) is 6.96. The lowest BCUT2D eigenvalue weighted by Crippen LogP contribution is -2.29. The van der Waals surface area contributed by atoms with Gasteiger partial charge in [0.1, 0.15) is 23.4 Å². The van der Waals surface area contributed by atoms with Crippen molar-refractivity contribution >= 4 is 44.1 Å². The molecule has 8 nitrogen and oxygen atoms in total. The summed E-state index contributed by atoms with van der Waals surface area (Å²) >= 11 is 1.10. The average molecular weight is 603 g/mol. The van der Waals surface area contributed by atoms with E-state index in [1.165, 1.54) is 23.1 Å². The number of nitrogens with zero attached hydrogens (tertiary/aromatic N) is 2. The van der Waals surface area contributed by atoms with E-state index in [0.29, 0.717) is 52.5 Å². The number of carbonyl (C=O) groups is 2. The summed E-state index contributed by atoms with van der Waals surface area (Å²) < 4.78 is 32.2. The van der Waals surface area contributed by atoms with Crippen molar-refractivity contribution in [1.82, 2.24) is 4.98 Å². The first-order chi connectivity index (χ1) is 20.8. The third-order valence-corrected chi connectivity index (χ3v) is 8.52. The molecule has 3 heterocycles. The number of carbonyl (C=O) groups excluding carboxylic acids is 2. The van der Waals surface area contributed by atoms with Gasteiger partial charge in [-0.2, -0.15) is 0 Å². The third-order valence-electron chi connectivity index (χ3n) is 7.50. The second-order valence-electron chi connectivity index (χ2n) is 10.6. The number of ether oxygens (including phenoxy) is 3. The number of hydrogen-bond acceptors (Lipinski definition) is 8. The highest BCUT2D eigenvalue weighted by molar-refractivity contribution is 7.22. The van der Waals surface area contributed by atoms with Crippen molar-refractivity contribution in [3.05, 3.63) is 82.7 Å². The molecule has 43 heavy (non-hydrogen) atoms. The van der Waals surface area contributed by atoms with Crippen LogP contribution < -0.4 is 19.1 Å². The molecule has 0 unspecified atom stereocenters. The van der Waals surface area contributed by atoms with Crippen molar-refractivity contribution in [2.45, 2.75) is 52.2 Å². The van der Waals surface area contributed by atoms with Crippen molar-refractivity contribution in [2.24, 2.45) is 0 Å². The summed E-state index contributed by atoms with van der Waals surface area (Å²) in [6, 6.07) is 13.6. The van der Waals surface area contributed by atoms with Crippen LogP contribution in [-0.2, 0) is 16.0 Å². The lowest BCUT2D eigenvalue weighted by Gasteiger charge is -2.24. The van der Waals surface area contributed by atoms with E-state index in [-0.39, 0.29) is 22.6 Å². The Morgan fingerprint density at radius 3 is 2.72 bits per heavy atom. The highest BCUT2D eigenvalue weighted by Gasteiger charge is 2.48. The molecular weight excluding hydrogens is 571 g/mol. The van der Waals surface area contributed by atoms with E-state index in [4.69, 9.17) is 14.2 Å². The molecule has 10 heteroatoms. The van der Waals surface area contributed by atoms with Gasteiger partial charge in [0.2, 0.25) is 0 Å². The van der Waals surface area contributed by atoms with E-state index in [1.807, 2.05) is 13.8 Å². The number of fused-ring (bicyclic) bond motifs is 2. The van der Waals surface area contributed by atoms with Crippen LogP contribution in [0, 0.1) is 5.82 Å². The molecule has 1 saturated heterocycles. The fraction of sp³-hybridized carbons (Fsp3) is 0.303. The fourth-order valence-corrected chi connectivity index (χ4v) is 6.49. The predicted molar refractivity (Wildman–Crippen MR) is 163 cm³/mol. The Labute approximate surface area is 252 Å². The van der Waals surface area contributed by atoms with E-state index in [9.17, 15) is 19.1 Å². The minimum absolute atomic E-state index is 0.00288. The first kappa shape index (κ1) is 28.7. The number of benzene rings is 3. The summed E-state index contributed by atoms with van der Waals surface area (Å²) in [6.45, 7) is 6.77. The van der Waals surface area contributed by atoms with E-state index < -0.39 is 23.5 Å². The molecule has 0 spiro atoms. The summed E-state index contributed by atoms with van der Waals surface area (Å²) in [5, 5.41) is 11.9. The Morgan fingerprint density at radius 2 is 1.93 bits per heavy atom. The number of amides is 1. The zero-order valence-corrected chi connectivity index (χ0v) is 24.9. The molecule has 1 aromatic heterocycles. The van der Waals surface area contributed by atoms with E-state index in [1.54, 1.807) is 36.4 Å². The van der Waals surface area contributed by atoms with Gasteiger partial charge in [-0.25, -0.2) is 9.37 Å². The molecule has 2 aliphatic rings. The van der Waals surface area contributed by atoms with Crippen molar-refractivity contribution in [1.29, 1.82) is 0 Å². The number of unbranched alkanes of at least 4 members (excludes halogenated alkanes) is 1. The van der Waals surface area contributed by atoms with Crippen molar-refractivity contribution in [3.8, 4) is 17.2 Å². The molecule has 4 aromatic rings. The van der Waals surface area contributed by atoms with Gasteiger partial charge in [-0.15, -0.1) is 0 Å². The first-order valence-electron chi connectivity index (χ1n) is 14.4.